The van der Waals surface area contributed by atoms with E-state index in [1.807, 2.05) is 0 Å². The Morgan fingerprint density at radius 1 is 0.677 bits per heavy atom. The third kappa shape index (κ3) is 4.94. The molecule has 0 radical (unpaired) electrons. The minimum Gasteiger partial charge on any atom is -0.0651 e. The SMILES string of the molecule is CCC1CCC2CCC(C(C)C(C)C(C(C)C)C3CCCC4CCCCC43)C(C)C2C1. The molecule has 0 aromatic rings. The molecule has 4 fully saturated rings. The van der Waals surface area contributed by atoms with Crippen LogP contribution in [-0.2, 0) is 0 Å². The standard InChI is InChI=1S/C31H56/c1-7-24-15-16-26-17-18-27(23(6)30(26)19-24)21(4)22(5)31(20(2)3)29-14-10-12-25-11-8-9-13-28(25)29/h20-31H,7-19H2,1-6H3. The van der Waals surface area contributed by atoms with Gasteiger partial charge in [-0.05, 0) is 110 Å². The van der Waals surface area contributed by atoms with Crippen LogP contribution in [0.4, 0.5) is 0 Å². The summed E-state index contributed by atoms with van der Waals surface area (Å²) in [4.78, 5) is 0. The second-order valence-corrected chi connectivity index (χ2v) is 13.5. The highest BCUT2D eigenvalue weighted by Crippen LogP contribution is 2.55. The molecule has 0 N–H and O–H groups in total. The van der Waals surface area contributed by atoms with Gasteiger partial charge in [-0.25, -0.2) is 0 Å². The lowest BCUT2D eigenvalue weighted by Crippen LogP contribution is -2.44. The fourth-order valence-electron chi connectivity index (χ4n) is 10.2. The predicted molar refractivity (Wildman–Crippen MR) is 136 cm³/mol. The molecule has 4 saturated carbocycles. The van der Waals surface area contributed by atoms with Crippen molar-refractivity contribution in [3.63, 3.8) is 0 Å². The van der Waals surface area contributed by atoms with Gasteiger partial charge in [-0.3, -0.25) is 0 Å². The van der Waals surface area contributed by atoms with Crippen molar-refractivity contribution in [2.45, 2.75) is 125 Å². The van der Waals surface area contributed by atoms with E-state index in [0.29, 0.717) is 0 Å². The summed E-state index contributed by atoms with van der Waals surface area (Å²) in [5.74, 6) is 11.9. The van der Waals surface area contributed by atoms with Crippen LogP contribution in [0.3, 0.4) is 0 Å². The van der Waals surface area contributed by atoms with Gasteiger partial charge in [0.15, 0.2) is 0 Å². The van der Waals surface area contributed by atoms with Crippen LogP contribution in [0.1, 0.15) is 125 Å². The van der Waals surface area contributed by atoms with Crippen LogP contribution >= 0.6 is 0 Å². The summed E-state index contributed by atoms with van der Waals surface area (Å²) in [5.41, 5.74) is 0. The Balaban J connectivity index is 1.47. The zero-order valence-corrected chi connectivity index (χ0v) is 22.1. The van der Waals surface area contributed by atoms with Gasteiger partial charge in [-0.15, -0.1) is 0 Å². The van der Waals surface area contributed by atoms with E-state index in [4.69, 9.17) is 0 Å². The van der Waals surface area contributed by atoms with Crippen molar-refractivity contribution < 1.29 is 0 Å². The van der Waals surface area contributed by atoms with Crippen molar-refractivity contribution >= 4 is 0 Å². The topological polar surface area (TPSA) is 0 Å². The van der Waals surface area contributed by atoms with E-state index in [0.717, 1.165) is 71.0 Å². The maximum Gasteiger partial charge on any atom is -0.0331 e. The molecule has 0 bridgehead atoms. The predicted octanol–water partition coefficient (Wildman–Crippen LogP) is 9.63. The third-order valence-corrected chi connectivity index (χ3v) is 12.0. The second kappa shape index (κ2) is 10.5. The third-order valence-electron chi connectivity index (χ3n) is 12.0. The molecule has 0 aromatic carbocycles. The Kier molecular flexibility index (Phi) is 8.18. The lowest BCUT2D eigenvalue weighted by atomic mass is 9.53. The van der Waals surface area contributed by atoms with E-state index < -0.39 is 0 Å². The lowest BCUT2D eigenvalue weighted by Gasteiger charge is -2.52. The fraction of sp³-hybridized carbons (Fsp3) is 1.00. The first-order valence-electron chi connectivity index (χ1n) is 14.9. The van der Waals surface area contributed by atoms with E-state index in [2.05, 4.69) is 41.5 Å². The van der Waals surface area contributed by atoms with Gasteiger partial charge in [-0.1, -0.05) is 86.5 Å². The number of fused-ring (bicyclic) bond motifs is 2. The Morgan fingerprint density at radius 2 is 1.35 bits per heavy atom. The van der Waals surface area contributed by atoms with Gasteiger partial charge in [0.25, 0.3) is 0 Å². The average molecular weight is 429 g/mol. The van der Waals surface area contributed by atoms with Crippen molar-refractivity contribution in [2.24, 2.45) is 71.0 Å². The van der Waals surface area contributed by atoms with Crippen LogP contribution in [-0.4, -0.2) is 0 Å². The molecule has 0 saturated heterocycles. The van der Waals surface area contributed by atoms with Crippen LogP contribution in [0.5, 0.6) is 0 Å². The Labute approximate surface area is 196 Å². The van der Waals surface area contributed by atoms with Crippen molar-refractivity contribution in [3.05, 3.63) is 0 Å². The highest BCUT2D eigenvalue weighted by molar-refractivity contribution is 4.96. The first kappa shape index (κ1) is 24.1. The van der Waals surface area contributed by atoms with Gasteiger partial charge in [0, 0.05) is 0 Å². The molecule has 4 rings (SSSR count). The van der Waals surface area contributed by atoms with Crippen molar-refractivity contribution in [3.8, 4) is 0 Å². The number of rotatable bonds is 6. The van der Waals surface area contributed by atoms with Crippen molar-refractivity contribution in [1.29, 1.82) is 0 Å². The van der Waals surface area contributed by atoms with Crippen LogP contribution in [0.15, 0.2) is 0 Å². The van der Waals surface area contributed by atoms with Crippen molar-refractivity contribution in [1.82, 2.24) is 0 Å². The molecule has 0 heterocycles. The molecule has 0 aliphatic heterocycles. The van der Waals surface area contributed by atoms with Gasteiger partial charge in [-0.2, -0.15) is 0 Å². The summed E-state index contributed by atoms with van der Waals surface area (Å²) in [6, 6.07) is 0. The minimum absolute atomic E-state index is 0.855. The maximum absolute atomic E-state index is 2.70. The summed E-state index contributed by atoms with van der Waals surface area (Å²) in [7, 11) is 0. The van der Waals surface area contributed by atoms with E-state index in [1.54, 1.807) is 44.9 Å². The lowest BCUT2D eigenvalue weighted by molar-refractivity contribution is -0.0288. The zero-order chi connectivity index (χ0) is 22.1. The molecular weight excluding hydrogens is 372 g/mol. The highest BCUT2D eigenvalue weighted by atomic mass is 14.5. The first-order valence-corrected chi connectivity index (χ1v) is 14.9. The Bertz CT molecular complexity index is 546. The van der Waals surface area contributed by atoms with E-state index in [-0.39, 0.29) is 0 Å². The Morgan fingerprint density at radius 3 is 2.10 bits per heavy atom. The maximum atomic E-state index is 2.70. The van der Waals surface area contributed by atoms with Gasteiger partial charge in [0.1, 0.15) is 0 Å². The first-order chi connectivity index (χ1) is 14.9. The Hall–Kier alpha value is 0. The largest absolute Gasteiger partial charge is 0.0651 e. The minimum atomic E-state index is 0.855. The van der Waals surface area contributed by atoms with Crippen LogP contribution in [0.25, 0.3) is 0 Å². The second-order valence-electron chi connectivity index (χ2n) is 13.5. The molecule has 0 heteroatoms. The smallest absolute Gasteiger partial charge is 0.0331 e. The number of hydrogen-bond donors (Lipinski definition) is 0. The van der Waals surface area contributed by atoms with E-state index >= 15 is 0 Å². The fourth-order valence-corrected chi connectivity index (χ4v) is 10.2. The van der Waals surface area contributed by atoms with Crippen LogP contribution in [0, 0.1) is 71.0 Å². The van der Waals surface area contributed by atoms with Crippen LogP contribution < -0.4 is 0 Å². The van der Waals surface area contributed by atoms with Crippen molar-refractivity contribution in [2.75, 3.05) is 0 Å². The summed E-state index contributed by atoms with van der Waals surface area (Å²) >= 11 is 0. The molecule has 0 aromatic heterocycles. The quantitative estimate of drug-likeness (QED) is 0.395. The summed E-state index contributed by atoms with van der Waals surface area (Å²) in [6.07, 6.45) is 19.9. The molecule has 0 spiro atoms. The van der Waals surface area contributed by atoms with Gasteiger partial charge in [0.05, 0.1) is 0 Å². The molecule has 180 valence electrons. The summed E-state index contributed by atoms with van der Waals surface area (Å²) in [5, 5.41) is 0. The molecule has 4 aliphatic rings. The molecular formula is C31H56. The van der Waals surface area contributed by atoms with Crippen LogP contribution in [0.2, 0.25) is 0 Å². The van der Waals surface area contributed by atoms with E-state index in [1.165, 1.54) is 38.5 Å². The summed E-state index contributed by atoms with van der Waals surface area (Å²) < 4.78 is 0. The normalized spacial score (nSPS) is 44.2. The van der Waals surface area contributed by atoms with Gasteiger partial charge < -0.3 is 0 Å². The van der Waals surface area contributed by atoms with E-state index in [9.17, 15) is 0 Å². The zero-order valence-electron chi connectivity index (χ0n) is 22.1. The highest BCUT2D eigenvalue weighted by Gasteiger charge is 2.46. The molecule has 0 amide bonds. The van der Waals surface area contributed by atoms with Gasteiger partial charge >= 0.3 is 0 Å². The molecule has 4 aliphatic carbocycles. The monoisotopic (exact) mass is 428 g/mol. The summed E-state index contributed by atoms with van der Waals surface area (Å²) in [6.45, 7) is 15.7. The molecule has 11 atom stereocenters. The van der Waals surface area contributed by atoms with Gasteiger partial charge in [0.2, 0.25) is 0 Å². The number of hydrogen-bond acceptors (Lipinski definition) is 0. The molecule has 0 nitrogen and oxygen atoms in total. The molecule has 11 unspecified atom stereocenters. The average Bonchev–Trinajstić information content (AvgIpc) is 2.78. The molecule has 31 heavy (non-hydrogen) atoms.